The van der Waals surface area contributed by atoms with Crippen LogP contribution in [0.3, 0.4) is 0 Å². The highest BCUT2D eigenvalue weighted by atomic mass is 32.1. The van der Waals surface area contributed by atoms with Crippen molar-refractivity contribution in [3.05, 3.63) is 41.4 Å². The highest BCUT2D eigenvalue weighted by molar-refractivity contribution is 7.13. The molecule has 2 aliphatic heterocycles. The van der Waals surface area contributed by atoms with Gasteiger partial charge >= 0.3 is 0 Å². The number of nitrogens with zero attached hydrogens (tertiary/aromatic N) is 3. The van der Waals surface area contributed by atoms with Crippen molar-refractivity contribution in [3.63, 3.8) is 0 Å². The van der Waals surface area contributed by atoms with E-state index in [4.69, 9.17) is 4.98 Å². The molecule has 138 valence electrons. The lowest BCUT2D eigenvalue weighted by Crippen LogP contribution is -2.51. The lowest BCUT2D eigenvalue weighted by atomic mass is 9.98. The van der Waals surface area contributed by atoms with Crippen LogP contribution < -0.4 is 5.32 Å². The smallest absolute Gasteiger partial charge is 0.227 e. The number of benzene rings is 1. The average molecular weight is 371 g/mol. The van der Waals surface area contributed by atoms with Gasteiger partial charge in [-0.2, -0.15) is 0 Å². The SMILES string of the molecule is O=C(C1CCCNC1)N1CCN(Cc2csc(-c3ccccc3)n2)CC1. The summed E-state index contributed by atoms with van der Waals surface area (Å²) in [6, 6.07) is 10.3. The lowest BCUT2D eigenvalue weighted by molar-refractivity contribution is -0.137. The molecular formula is C20H26N4OS. The summed E-state index contributed by atoms with van der Waals surface area (Å²) in [4.78, 5) is 21.9. The fourth-order valence-electron chi connectivity index (χ4n) is 3.77. The maximum absolute atomic E-state index is 12.6. The van der Waals surface area contributed by atoms with Crippen LogP contribution in [0, 0.1) is 5.92 Å². The van der Waals surface area contributed by atoms with Gasteiger partial charge in [0.1, 0.15) is 5.01 Å². The zero-order valence-electron chi connectivity index (χ0n) is 15.1. The van der Waals surface area contributed by atoms with Crippen LogP contribution in [0.4, 0.5) is 0 Å². The van der Waals surface area contributed by atoms with E-state index < -0.39 is 0 Å². The zero-order chi connectivity index (χ0) is 17.8. The normalized spacial score (nSPS) is 21.7. The highest BCUT2D eigenvalue weighted by Crippen LogP contribution is 2.24. The maximum atomic E-state index is 12.6. The highest BCUT2D eigenvalue weighted by Gasteiger charge is 2.28. The van der Waals surface area contributed by atoms with Gasteiger partial charge in [0.2, 0.25) is 5.91 Å². The second-order valence-corrected chi connectivity index (χ2v) is 8.01. The van der Waals surface area contributed by atoms with E-state index in [0.717, 1.165) is 69.4 Å². The summed E-state index contributed by atoms with van der Waals surface area (Å²) in [5, 5.41) is 6.59. The second kappa shape index (κ2) is 8.29. The first-order valence-electron chi connectivity index (χ1n) is 9.51. The van der Waals surface area contributed by atoms with Crippen LogP contribution in [0.15, 0.2) is 35.7 Å². The third-order valence-corrected chi connectivity index (χ3v) is 6.23. The fraction of sp³-hybridized carbons (Fsp3) is 0.500. The first kappa shape index (κ1) is 17.6. The Bertz CT molecular complexity index is 718. The molecule has 0 aliphatic carbocycles. The van der Waals surface area contributed by atoms with Crippen molar-refractivity contribution in [2.75, 3.05) is 39.3 Å². The Kier molecular flexibility index (Phi) is 5.62. The predicted molar refractivity (Wildman–Crippen MR) is 105 cm³/mol. The molecule has 1 unspecified atom stereocenters. The van der Waals surface area contributed by atoms with E-state index in [2.05, 4.69) is 44.8 Å². The van der Waals surface area contributed by atoms with Crippen molar-refractivity contribution >= 4 is 17.2 Å². The molecule has 3 heterocycles. The Hall–Kier alpha value is -1.76. The van der Waals surface area contributed by atoms with Crippen LogP contribution in [0.25, 0.3) is 10.6 Å². The molecule has 2 saturated heterocycles. The van der Waals surface area contributed by atoms with E-state index in [0.29, 0.717) is 5.91 Å². The predicted octanol–water partition coefficient (Wildman–Crippen LogP) is 2.45. The number of rotatable bonds is 4. The number of carbonyl (C=O) groups excluding carboxylic acids is 1. The van der Waals surface area contributed by atoms with E-state index in [1.807, 2.05) is 6.07 Å². The molecule has 6 heteroatoms. The molecule has 1 atom stereocenters. The zero-order valence-corrected chi connectivity index (χ0v) is 15.9. The molecule has 4 rings (SSSR count). The van der Waals surface area contributed by atoms with Crippen molar-refractivity contribution in [1.29, 1.82) is 0 Å². The van der Waals surface area contributed by atoms with Crippen LogP contribution in [-0.4, -0.2) is 60.0 Å². The molecule has 5 nitrogen and oxygen atoms in total. The van der Waals surface area contributed by atoms with Gasteiger partial charge in [-0.05, 0) is 19.4 Å². The van der Waals surface area contributed by atoms with Gasteiger partial charge in [-0.25, -0.2) is 4.98 Å². The largest absolute Gasteiger partial charge is 0.340 e. The third kappa shape index (κ3) is 4.14. The van der Waals surface area contributed by atoms with Gasteiger partial charge in [0.25, 0.3) is 0 Å². The number of thiazole rings is 1. The van der Waals surface area contributed by atoms with Gasteiger partial charge in [0, 0.05) is 50.2 Å². The first-order valence-corrected chi connectivity index (χ1v) is 10.4. The number of hydrogen-bond donors (Lipinski definition) is 1. The Morgan fingerprint density at radius 2 is 2.00 bits per heavy atom. The molecule has 2 fully saturated rings. The number of carbonyl (C=O) groups is 1. The van der Waals surface area contributed by atoms with Crippen molar-refractivity contribution < 1.29 is 4.79 Å². The molecule has 1 amide bonds. The van der Waals surface area contributed by atoms with Crippen LogP contribution >= 0.6 is 11.3 Å². The van der Waals surface area contributed by atoms with E-state index in [-0.39, 0.29) is 5.92 Å². The minimum absolute atomic E-state index is 0.183. The summed E-state index contributed by atoms with van der Waals surface area (Å²) < 4.78 is 0. The van der Waals surface area contributed by atoms with E-state index in [9.17, 15) is 4.79 Å². The van der Waals surface area contributed by atoms with Crippen LogP contribution in [-0.2, 0) is 11.3 Å². The molecule has 1 aromatic carbocycles. The standard InChI is InChI=1S/C20H26N4OS/c25-20(17-7-4-8-21-13-17)24-11-9-23(10-12-24)14-18-15-26-19(22-18)16-5-2-1-3-6-16/h1-3,5-6,15,17,21H,4,7-14H2. The minimum Gasteiger partial charge on any atom is -0.340 e. The first-order chi connectivity index (χ1) is 12.8. The number of nitrogens with one attached hydrogen (secondary N) is 1. The quantitative estimate of drug-likeness (QED) is 0.898. The number of hydrogen-bond acceptors (Lipinski definition) is 5. The maximum Gasteiger partial charge on any atom is 0.227 e. The summed E-state index contributed by atoms with van der Waals surface area (Å²) in [6.45, 7) is 6.32. The fourth-order valence-corrected chi connectivity index (χ4v) is 4.59. The molecule has 0 saturated carbocycles. The van der Waals surface area contributed by atoms with Gasteiger partial charge in [-0.1, -0.05) is 30.3 Å². The van der Waals surface area contributed by atoms with Gasteiger partial charge in [0.15, 0.2) is 0 Å². The van der Waals surface area contributed by atoms with Crippen LogP contribution in [0.5, 0.6) is 0 Å². The Labute approximate surface area is 159 Å². The molecular weight excluding hydrogens is 344 g/mol. The number of piperazine rings is 1. The lowest BCUT2D eigenvalue weighted by Gasteiger charge is -2.37. The summed E-state index contributed by atoms with van der Waals surface area (Å²) in [5.41, 5.74) is 2.31. The monoisotopic (exact) mass is 370 g/mol. The second-order valence-electron chi connectivity index (χ2n) is 7.15. The molecule has 2 aromatic rings. The number of amides is 1. The Balaban J connectivity index is 1.29. The van der Waals surface area contributed by atoms with Gasteiger partial charge in [-0.3, -0.25) is 9.69 Å². The van der Waals surface area contributed by atoms with Crippen molar-refractivity contribution in [2.45, 2.75) is 19.4 Å². The Morgan fingerprint density at radius 1 is 1.19 bits per heavy atom. The molecule has 2 aliphatic rings. The molecule has 26 heavy (non-hydrogen) atoms. The summed E-state index contributed by atoms with van der Waals surface area (Å²) >= 11 is 1.71. The third-order valence-electron chi connectivity index (χ3n) is 5.29. The molecule has 0 radical (unpaired) electrons. The van der Waals surface area contributed by atoms with Crippen molar-refractivity contribution in [3.8, 4) is 10.6 Å². The summed E-state index contributed by atoms with van der Waals surface area (Å²) in [5.74, 6) is 0.527. The summed E-state index contributed by atoms with van der Waals surface area (Å²) in [7, 11) is 0. The van der Waals surface area contributed by atoms with Crippen LogP contribution in [0.2, 0.25) is 0 Å². The van der Waals surface area contributed by atoms with Gasteiger partial charge < -0.3 is 10.2 Å². The van der Waals surface area contributed by atoms with E-state index in [1.54, 1.807) is 11.3 Å². The van der Waals surface area contributed by atoms with Gasteiger partial charge in [0.05, 0.1) is 11.6 Å². The minimum atomic E-state index is 0.183. The van der Waals surface area contributed by atoms with Crippen LogP contribution in [0.1, 0.15) is 18.5 Å². The van der Waals surface area contributed by atoms with E-state index in [1.165, 1.54) is 5.56 Å². The number of piperidine rings is 1. The van der Waals surface area contributed by atoms with Crippen molar-refractivity contribution in [2.24, 2.45) is 5.92 Å². The van der Waals surface area contributed by atoms with Gasteiger partial charge in [-0.15, -0.1) is 11.3 Å². The van der Waals surface area contributed by atoms with Crippen molar-refractivity contribution in [1.82, 2.24) is 20.1 Å². The van der Waals surface area contributed by atoms with E-state index >= 15 is 0 Å². The topological polar surface area (TPSA) is 48.5 Å². The Morgan fingerprint density at radius 3 is 2.73 bits per heavy atom. The molecule has 0 spiro atoms. The molecule has 1 aromatic heterocycles. The average Bonchev–Trinajstić information content (AvgIpc) is 3.18. The number of aromatic nitrogens is 1. The molecule has 1 N–H and O–H groups in total. The molecule has 0 bridgehead atoms. The summed E-state index contributed by atoms with van der Waals surface area (Å²) in [6.07, 6.45) is 2.15.